The van der Waals surface area contributed by atoms with Gasteiger partial charge in [0.1, 0.15) is 17.8 Å². The van der Waals surface area contributed by atoms with Crippen LogP contribution in [0.1, 0.15) is 32.4 Å². The van der Waals surface area contributed by atoms with Crippen LogP contribution in [0, 0.1) is 17.2 Å². The molecule has 1 heterocycles. The summed E-state index contributed by atoms with van der Waals surface area (Å²) in [5.74, 6) is -2.06. The van der Waals surface area contributed by atoms with Crippen molar-refractivity contribution in [2.45, 2.75) is 26.9 Å². The second-order valence-electron chi connectivity index (χ2n) is 5.15. The molecule has 0 N–H and O–H groups in total. The zero-order valence-corrected chi connectivity index (χ0v) is 10.6. The van der Waals surface area contributed by atoms with Gasteiger partial charge in [0.05, 0.1) is 5.41 Å². The molecule has 96 valence electrons. The van der Waals surface area contributed by atoms with Crippen molar-refractivity contribution in [1.29, 1.82) is 0 Å². The highest BCUT2D eigenvalue weighted by Gasteiger charge is 2.49. The van der Waals surface area contributed by atoms with E-state index < -0.39 is 29.2 Å². The van der Waals surface area contributed by atoms with Crippen LogP contribution in [0.5, 0.6) is 0 Å². The molecule has 0 aliphatic carbocycles. The maximum atomic E-state index is 13.8. The summed E-state index contributed by atoms with van der Waals surface area (Å²) < 4.78 is 19.0. The van der Waals surface area contributed by atoms with Crippen LogP contribution in [0.25, 0.3) is 0 Å². The van der Waals surface area contributed by atoms with Crippen molar-refractivity contribution < 1.29 is 18.7 Å². The van der Waals surface area contributed by atoms with Crippen molar-refractivity contribution in [3.63, 3.8) is 0 Å². The summed E-state index contributed by atoms with van der Waals surface area (Å²) in [6.45, 7) is 4.87. The van der Waals surface area contributed by atoms with E-state index in [-0.39, 0.29) is 11.3 Å². The topological polar surface area (TPSA) is 43.4 Å². The molecular formula is C14H15FO3. The first-order chi connectivity index (χ1) is 8.35. The first kappa shape index (κ1) is 12.7. The third-order valence-electron chi connectivity index (χ3n) is 3.46. The van der Waals surface area contributed by atoms with Crippen molar-refractivity contribution in [3.05, 3.63) is 35.6 Å². The van der Waals surface area contributed by atoms with Crippen molar-refractivity contribution in [2.24, 2.45) is 11.3 Å². The molecule has 18 heavy (non-hydrogen) atoms. The van der Waals surface area contributed by atoms with Crippen LogP contribution in [0.2, 0.25) is 0 Å². The highest BCUT2D eigenvalue weighted by atomic mass is 19.1. The predicted molar refractivity (Wildman–Crippen MR) is 63.2 cm³/mol. The molecule has 1 aliphatic rings. The average molecular weight is 250 g/mol. The molecular weight excluding hydrogens is 235 g/mol. The van der Waals surface area contributed by atoms with Gasteiger partial charge in [-0.15, -0.1) is 0 Å². The maximum Gasteiger partial charge on any atom is 0.316 e. The fourth-order valence-electron chi connectivity index (χ4n) is 2.30. The van der Waals surface area contributed by atoms with Gasteiger partial charge in [0, 0.05) is 5.56 Å². The number of ether oxygens (including phenoxy) is 1. The molecule has 0 bridgehead atoms. The molecule has 0 saturated carbocycles. The summed E-state index contributed by atoms with van der Waals surface area (Å²) in [5, 5.41) is 0. The van der Waals surface area contributed by atoms with Gasteiger partial charge in [-0.1, -0.05) is 18.2 Å². The number of halogens is 1. The monoisotopic (exact) mass is 250 g/mol. The highest BCUT2D eigenvalue weighted by molar-refractivity contribution is 6.03. The Bertz CT molecular complexity index is 508. The average Bonchev–Trinajstić information content (AvgIpc) is 2.33. The molecule has 0 radical (unpaired) electrons. The number of rotatable bonds is 1. The Morgan fingerprint density at radius 1 is 1.22 bits per heavy atom. The van der Waals surface area contributed by atoms with Crippen LogP contribution in [0.15, 0.2) is 24.3 Å². The van der Waals surface area contributed by atoms with E-state index in [1.54, 1.807) is 26.0 Å². The number of carbonyl (C=O) groups is 2. The Labute approximate surface area is 105 Å². The summed E-state index contributed by atoms with van der Waals surface area (Å²) in [4.78, 5) is 23.8. The molecule has 1 saturated heterocycles. The lowest BCUT2D eigenvalue weighted by Gasteiger charge is -2.39. The Morgan fingerprint density at radius 3 is 2.44 bits per heavy atom. The summed E-state index contributed by atoms with van der Waals surface area (Å²) in [7, 11) is 0. The van der Waals surface area contributed by atoms with Gasteiger partial charge in [-0.25, -0.2) is 4.39 Å². The number of ketones is 1. The lowest BCUT2D eigenvalue weighted by atomic mass is 9.73. The van der Waals surface area contributed by atoms with E-state index in [0.29, 0.717) is 0 Å². The third kappa shape index (κ3) is 1.82. The molecule has 0 amide bonds. The Morgan fingerprint density at radius 2 is 1.83 bits per heavy atom. The van der Waals surface area contributed by atoms with Crippen LogP contribution in [-0.4, -0.2) is 11.8 Å². The fraction of sp³-hybridized carbons (Fsp3) is 0.429. The van der Waals surface area contributed by atoms with Crippen LogP contribution in [-0.2, 0) is 14.3 Å². The largest absolute Gasteiger partial charge is 0.456 e. The summed E-state index contributed by atoms with van der Waals surface area (Å²) in [5.41, 5.74) is -0.675. The van der Waals surface area contributed by atoms with Crippen LogP contribution in [0.3, 0.4) is 0 Å². The minimum absolute atomic E-state index is 0.216. The third-order valence-corrected chi connectivity index (χ3v) is 3.46. The summed E-state index contributed by atoms with van der Waals surface area (Å²) in [6.07, 6.45) is -0.866. The van der Waals surface area contributed by atoms with Gasteiger partial charge < -0.3 is 4.74 Å². The van der Waals surface area contributed by atoms with E-state index in [1.165, 1.54) is 19.1 Å². The van der Waals surface area contributed by atoms with E-state index in [4.69, 9.17) is 4.74 Å². The Balaban J connectivity index is 2.48. The van der Waals surface area contributed by atoms with Crippen LogP contribution < -0.4 is 0 Å². The smallest absolute Gasteiger partial charge is 0.316 e. The number of benzene rings is 1. The van der Waals surface area contributed by atoms with Crippen molar-refractivity contribution in [3.8, 4) is 0 Å². The predicted octanol–water partition coefficient (Wildman–Crippen LogP) is 2.66. The number of carbonyl (C=O) groups excluding carboxylic acids is 2. The maximum absolute atomic E-state index is 13.8. The SMILES string of the molecule is CC1C(=O)OC(c2ccccc2F)C(C)(C)C1=O. The second-order valence-corrected chi connectivity index (χ2v) is 5.15. The quantitative estimate of drug-likeness (QED) is 0.568. The number of esters is 1. The van der Waals surface area contributed by atoms with Gasteiger partial charge in [-0.2, -0.15) is 0 Å². The first-order valence-electron chi connectivity index (χ1n) is 5.85. The van der Waals surface area contributed by atoms with Crippen LogP contribution >= 0.6 is 0 Å². The zero-order valence-electron chi connectivity index (χ0n) is 10.6. The Kier molecular flexibility index (Phi) is 2.97. The molecule has 2 atom stereocenters. The first-order valence-corrected chi connectivity index (χ1v) is 5.85. The molecule has 2 unspecified atom stereocenters. The summed E-state index contributed by atoms with van der Waals surface area (Å²) in [6, 6.07) is 6.05. The summed E-state index contributed by atoms with van der Waals surface area (Å²) >= 11 is 0. The normalized spacial score (nSPS) is 26.9. The van der Waals surface area contributed by atoms with Gasteiger partial charge >= 0.3 is 5.97 Å². The van der Waals surface area contributed by atoms with Gasteiger partial charge in [0.25, 0.3) is 0 Å². The second kappa shape index (κ2) is 4.19. The lowest BCUT2D eigenvalue weighted by Crippen LogP contribution is -2.46. The van der Waals surface area contributed by atoms with Gasteiger partial charge in [-0.3, -0.25) is 9.59 Å². The zero-order chi connectivity index (χ0) is 13.5. The fourth-order valence-corrected chi connectivity index (χ4v) is 2.30. The van der Waals surface area contributed by atoms with E-state index in [2.05, 4.69) is 0 Å². The van der Waals surface area contributed by atoms with Crippen LogP contribution in [0.4, 0.5) is 4.39 Å². The van der Waals surface area contributed by atoms with Crippen molar-refractivity contribution in [1.82, 2.24) is 0 Å². The standard InChI is InChI=1S/C14H15FO3/c1-8-11(16)14(2,3)12(18-13(8)17)9-6-4-5-7-10(9)15/h4-8,12H,1-3H3. The minimum atomic E-state index is -0.921. The van der Waals surface area contributed by atoms with E-state index >= 15 is 0 Å². The highest BCUT2D eigenvalue weighted by Crippen LogP contribution is 2.44. The molecule has 1 aromatic rings. The Hall–Kier alpha value is -1.71. The minimum Gasteiger partial charge on any atom is -0.456 e. The molecule has 3 nitrogen and oxygen atoms in total. The van der Waals surface area contributed by atoms with Gasteiger partial charge in [0.2, 0.25) is 0 Å². The van der Waals surface area contributed by atoms with Crippen molar-refractivity contribution >= 4 is 11.8 Å². The molecule has 1 aromatic carbocycles. The molecule has 4 heteroatoms. The molecule has 2 rings (SSSR count). The van der Waals surface area contributed by atoms with Crippen molar-refractivity contribution in [2.75, 3.05) is 0 Å². The molecule has 1 fully saturated rings. The molecule has 0 spiro atoms. The number of cyclic esters (lactones) is 1. The number of hydrogen-bond acceptors (Lipinski definition) is 3. The van der Waals surface area contributed by atoms with E-state index in [9.17, 15) is 14.0 Å². The molecule has 0 aromatic heterocycles. The molecule has 1 aliphatic heterocycles. The number of Topliss-reactive ketones (excluding diaryl/α,β-unsaturated/α-hetero) is 1. The van der Waals surface area contributed by atoms with E-state index in [0.717, 1.165) is 0 Å². The lowest BCUT2D eigenvalue weighted by molar-refractivity contribution is -0.177. The van der Waals surface area contributed by atoms with Gasteiger partial charge in [-0.05, 0) is 26.8 Å². The van der Waals surface area contributed by atoms with E-state index in [1.807, 2.05) is 0 Å². The number of hydrogen-bond donors (Lipinski definition) is 0. The van der Waals surface area contributed by atoms with Gasteiger partial charge in [0.15, 0.2) is 5.78 Å².